The van der Waals surface area contributed by atoms with Crippen molar-refractivity contribution in [1.82, 2.24) is 30.0 Å². The number of carbonyl (C=O) groups is 2. The Bertz CT molecular complexity index is 1420. The van der Waals surface area contributed by atoms with E-state index >= 15 is 0 Å². The Balaban J connectivity index is 1.19. The number of carbonyl (C=O) groups excluding carboxylic acids is 2. The lowest BCUT2D eigenvalue weighted by Crippen LogP contribution is -2.63. The van der Waals surface area contributed by atoms with Gasteiger partial charge in [0.25, 0.3) is 0 Å². The molecule has 12 heteroatoms. The molecule has 1 unspecified atom stereocenters. The van der Waals surface area contributed by atoms with Gasteiger partial charge in [-0.1, -0.05) is 55.1 Å². The summed E-state index contributed by atoms with van der Waals surface area (Å²) in [6.07, 6.45) is 5.51. The average Bonchev–Trinajstić information content (AvgIpc) is 3.46. The van der Waals surface area contributed by atoms with E-state index in [1.165, 1.54) is 18.6 Å². The predicted octanol–water partition coefficient (Wildman–Crippen LogP) is 5.53. The summed E-state index contributed by atoms with van der Waals surface area (Å²) in [7, 11) is 0. The molecule has 3 aromatic rings. The number of halogens is 4. The minimum Gasteiger partial charge on any atom is -0.354 e. The van der Waals surface area contributed by atoms with Gasteiger partial charge in [-0.25, -0.2) is 9.78 Å². The molecular formula is C33H40ClF3N6O2. The summed E-state index contributed by atoms with van der Waals surface area (Å²) in [5, 5.41) is 6.89. The zero-order valence-electron chi connectivity index (χ0n) is 25.2. The first kappa shape index (κ1) is 32.8. The first-order chi connectivity index (χ1) is 21.7. The van der Waals surface area contributed by atoms with E-state index in [4.69, 9.17) is 11.6 Å². The van der Waals surface area contributed by atoms with Gasteiger partial charge < -0.3 is 20.1 Å². The topological polar surface area (TPSA) is 82.5 Å². The molecule has 45 heavy (non-hydrogen) atoms. The maximum atomic E-state index is 13.6. The number of imidazole rings is 1. The van der Waals surface area contributed by atoms with Crippen molar-refractivity contribution in [1.29, 1.82) is 0 Å². The van der Waals surface area contributed by atoms with E-state index in [-0.39, 0.29) is 18.0 Å². The standard InChI is InChI=1S/C33H40ClF3N6O2/c34-27-6-4-5-24(19-27)14-16-41-17-18-43(32(45)40-28-7-2-1-3-8-28)30(22-41)31(44)39-15-13-29-20-38-23-42(29)21-25-9-11-26(12-10-25)33(35,36)37/h4-6,9-12,19-20,23,28,30H,1-3,7-8,13-18,21-22H2,(H,39,44)(H,40,45). The molecule has 8 nitrogen and oxygen atoms in total. The van der Waals surface area contributed by atoms with E-state index in [1.807, 2.05) is 28.8 Å². The van der Waals surface area contributed by atoms with Crippen LogP contribution in [0.5, 0.6) is 0 Å². The quantitative estimate of drug-likeness (QED) is 0.304. The van der Waals surface area contributed by atoms with Gasteiger partial charge in [0.15, 0.2) is 0 Å². The number of rotatable bonds is 10. The number of piperazine rings is 1. The van der Waals surface area contributed by atoms with Crippen LogP contribution in [0.4, 0.5) is 18.0 Å². The molecule has 1 aliphatic carbocycles. The maximum Gasteiger partial charge on any atom is 0.416 e. The monoisotopic (exact) mass is 644 g/mol. The van der Waals surface area contributed by atoms with Crippen LogP contribution in [0.2, 0.25) is 5.02 Å². The zero-order chi connectivity index (χ0) is 31.8. The minimum absolute atomic E-state index is 0.140. The molecule has 0 bridgehead atoms. The van der Waals surface area contributed by atoms with Gasteiger partial charge in [0.1, 0.15) is 6.04 Å². The summed E-state index contributed by atoms with van der Waals surface area (Å²) in [6, 6.07) is 12.1. The summed E-state index contributed by atoms with van der Waals surface area (Å²) >= 11 is 6.16. The number of hydrogen-bond donors (Lipinski definition) is 2. The van der Waals surface area contributed by atoms with Crippen LogP contribution in [0.15, 0.2) is 61.1 Å². The van der Waals surface area contributed by atoms with Crippen LogP contribution in [0.25, 0.3) is 0 Å². The van der Waals surface area contributed by atoms with Crippen LogP contribution in [0.3, 0.4) is 0 Å². The van der Waals surface area contributed by atoms with Crippen molar-refractivity contribution in [2.45, 2.75) is 69.8 Å². The van der Waals surface area contributed by atoms with Crippen LogP contribution in [0.1, 0.15) is 54.5 Å². The normalized spacial score (nSPS) is 18.1. The number of benzene rings is 2. The van der Waals surface area contributed by atoms with Crippen LogP contribution >= 0.6 is 11.6 Å². The number of amides is 3. The molecular weight excluding hydrogens is 605 g/mol. The molecule has 2 fully saturated rings. The van der Waals surface area contributed by atoms with Crippen molar-refractivity contribution in [3.05, 3.63) is 88.5 Å². The summed E-state index contributed by atoms with van der Waals surface area (Å²) in [4.78, 5) is 35.1. The number of hydrogen-bond acceptors (Lipinski definition) is 4. The SMILES string of the molecule is O=C(NCCc1cncn1Cc1ccc(C(F)(F)F)cc1)C1CN(CCc2cccc(Cl)c2)CCN1C(=O)NC1CCCCC1. The molecule has 0 radical (unpaired) electrons. The molecule has 1 saturated carbocycles. The number of urea groups is 1. The summed E-state index contributed by atoms with van der Waals surface area (Å²) in [6.45, 7) is 2.98. The van der Waals surface area contributed by atoms with Gasteiger partial charge >= 0.3 is 12.2 Å². The molecule has 1 aliphatic heterocycles. The Morgan fingerprint density at radius 2 is 1.76 bits per heavy atom. The molecule has 5 rings (SSSR count). The lowest BCUT2D eigenvalue weighted by atomic mass is 9.95. The largest absolute Gasteiger partial charge is 0.416 e. The van der Waals surface area contributed by atoms with E-state index in [0.717, 1.165) is 62.0 Å². The minimum atomic E-state index is -4.38. The van der Waals surface area contributed by atoms with Crippen LogP contribution in [-0.2, 0) is 30.4 Å². The number of nitrogens with one attached hydrogen (secondary N) is 2. The van der Waals surface area contributed by atoms with Crippen molar-refractivity contribution in [2.75, 3.05) is 32.7 Å². The van der Waals surface area contributed by atoms with Crippen molar-refractivity contribution in [3.8, 4) is 0 Å². The highest BCUT2D eigenvalue weighted by atomic mass is 35.5. The van der Waals surface area contributed by atoms with Crippen molar-refractivity contribution in [2.24, 2.45) is 0 Å². The van der Waals surface area contributed by atoms with E-state index in [0.29, 0.717) is 49.7 Å². The summed E-state index contributed by atoms with van der Waals surface area (Å²) < 4.78 is 40.7. The molecule has 0 spiro atoms. The third-order valence-electron chi connectivity index (χ3n) is 8.68. The zero-order valence-corrected chi connectivity index (χ0v) is 26.0. The highest BCUT2D eigenvalue weighted by Crippen LogP contribution is 2.29. The number of alkyl halides is 3. The van der Waals surface area contributed by atoms with Gasteiger partial charge in [-0.3, -0.25) is 9.69 Å². The second-order valence-corrected chi connectivity index (χ2v) is 12.4. The average molecular weight is 645 g/mol. The third kappa shape index (κ3) is 9.23. The predicted molar refractivity (Wildman–Crippen MR) is 167 cm³/mol. The Kier molecular flexibility index (Phi) is 11.0. The third-order valence-corrected chi connectivity index (χ3v) is 8.91. The fourth-order valence-electron chi connectivity index (χ4n) is 6.12. The molecule has 2 aromatic carbocycles. The second-order valence-electron chi connectivity index (χ2n) is 11.9. The molecule has 1 aromatic heterocycles. The van der Waals surface area contributed by atoms with Crippen molar-refractivity contribution >= 4 is 23.5 Å². The molecule has 1 saturated heterocycles. The van der Waals surface area contributed by atoms with Gasteiger partial charge in [-0.15, -0.1) is 0 Å². The Morgan fingerprint density at radius 3 is 2.49 bits per heavy atom. The van der Waals surface area contributed by atoms with Gasteiger partial charge in [0.05, 0.1) is 11.9 Å². The van der Waals surface area contributed by atoms with Gasteiger partial charge in [0.2, 0.25) is 5.91 Å². The Labute approximate surface area is 266 Å². The fourth-order valence-corrected chi connectivity index (χ4v) is 6.33. The second kappa shape index (κ2) is 15.1. The lowest BCUT2D eigenvalue weighted by molar-refractivity contribution is -0.137. The van der Waals surface area contributed by atoms with E-state index in [1.54, 1.807) is 17.4 Å². The number of aromatic nitrogens is 2. The molecule has 1 atom stereocenters. The molecule has 3 amide bonds. The highest BCUT2D eigenvalue weighted by molar-refractivity contribution is 6.30. The highest BCUT2D eigenvalue weighted by Gasteiger charge is 2.36. The van der Waals surface area contributed by atoms with Crippen molar-refractivity contribution < 1.29 is 22.8 Å². The summed E-state index contributed by atoms with van der Waals surface area (Å²) in [5.74, 6) is -0.213. The Hall–Kier alpha value is -3.57. The molecule has 2 N–H and O–H groups in total. The lowest BCUT2D eigenvalue weighted by Gasteiger charge is -2.41. The summed E-state index contributed by atoms with van der Waals surface area (Å²) in [5.41, 5.74) is 1.99. The van der Waals surface area contributed by atoms with Crippen LogP contribution in [0, 0.1) is 0 Å². The smallest absolute Gasteiger partial charge is 0.354 e. The van der Waals surface area contributed by atoms with Crippen LogP contribution in [-0.4, -0.2) is 76.1 Å². The first-order valence-corrected chi connectivity index (χ1v) is 16.0. The van der Waals surface area contributed by atoms with Gasteiger partial charge in [-0.2, -0.15) is 13.2 Å². The van der Waals surface area contributed by atoms with E-state index in [9.17, 15) is 22.8 Å². The fraction of sp³-hybridized carbons (Fsp3) is 0.485. The maximum absolute atomic E-state index is 13.6. The molecule has 242 valence electrons. The van der Waals surface area contributed by atoms with E-state index < -0.39 is 17.8 Å². The van der Waals surface area contributed by atoms with E-state index in [2.05, 4.69) is 20.5 Å². The number of nitrogens with zero attached hydrogens (tertiary/aromatic N) is 4. The molecule has 2 aliphatic rings. The van der Waals surface area contributed by atoms with Crippen LogP contribution < -0.4 is 10.6 Å². The van der Waals surface area contributed by atoms with Crippen molar-refractivity contribution in [3.63, 3.8) is 0 Å². The molecule has 2 heterocycles. The Morgan fingerprint density at radius 1 is 0.978 bits per heavy atom. The van der Waals surface area contributed by atoms with Gasteiger partial charge in [0, 0.05) is 68.6 Å². The first-order valence-electron chi connectivity index (χ1n) is 15.6. The van der Waals surface area contributed by atoms with Gasteiger partial charge in [-0.05, 0) is 54.7 Å².